The van der Waals surface area contributed by atoms with E-state index in [9.17, 15) is 37.9 Å². The van der Waals surface area contributed by atoms with Crippen LogP contribution in [0.5, 0.6) is 0 Å². The summed E-state index contributed by atoms with van der Waals surface area (Å²) in [7, 11) is -4.60. The molecule has 1 rings (SSSR count). The van der Waals surface area contributed by atoms with Gasteiger partial charge in [-0.1, -0.05) is 232 Å². The zero-order chi connectivity index (χ0) is 46.9. The summed E-state index contributed by atoms with van der Waals surface area (Å²) < 4.78 is 54.3. The SMILES string of the molecule is CCCCCCCCCCCCCCCCCCCCCCCC(=O)OC(COC(=O)CCCCCCCCCCCCCCCCC)COC1OC(CS(=O)(=O)O)C(O)C(O)C1O. The number of aliphatic hydroxyl groups excluding tert-OH is 3. The van der Waals surface area contributed by atoms with Crippen molar-refractivity contribution in [2.45, 2.75) is 295 Å². The Hall–Kier alpha value is -1.35. The lowest BCUT2D eigenvalue weighted by Gasteiger charge is -2.40. The van der Waals surface area contributed by atoms with Crippen molar-refractivity contribution in [1.82, 2.24) is 0 Å². The van der Waals surface area contributed by atoms with Crippen LogP contribution in [-0.4, -0.2) is 96.0 Å². The third-order valence-electron chi connectivity index (χ3n) is 12.7. The molecule has 6 atom stereocenters. The topological polar surface area (TPSA) is 186 Å². The van der Waals surface area contributed by atoms with Crippen molar-refractivity contribution in [3.05, 3.63) is 0 Å². The van der Waals surface area contributed by atoms with Crippen molar-refractivity contribution in [2.75, 3.05) is 19.0 Å². The highest BCUT2D eigenvalue weighted by Gasteiger charge is 2.46. The zero-order valence-corrected chi connectivity index (χ0v) is 41.7. The Morgan fingerprint density at radius 1 is 0.469 bits per heavy atom. The van der Waals surface area contributed by atoms with E-state index >= 15 is 0 Å². The third kappa shape index (κ3) is 35.8. The highest BCUT2D eigenvalue weighted by atomic mass is 32.2. The van der Waals surface area contributed by atoms with Gasteiger partial charge in [0.2, 0.25) is 0 Å². The van der Waals surface area contributed by atoms with Crippen molar-refractivity contribution < 1.29 is 56.8 Å². The van der Waals surface area contributed by atoms with Crippen LogP contribution in [0.4, 0.5) is 0 Å². The summed E-state index contributed by atoms with van der Waals surface area (Å²) in [5.41, 5.74) is 0. The second kappa shape index (κ2) is 41.8. The number of hydrogen-bond donors (Lipinski definition) is 4. The van der Waals surface area contributed by atoms with Crippen LogP contribution < -0.4 is 0 Å². The van der Waals surface area contributed by atoms with Crippen LogP contribution in [0.2, 0.25) is 0 Å². The molecule has 1 aliphatic heterocycles. The average Bonchev–Trinajstić information content (AvgIpc) is 3.26. The van der Waals surface area contributed by atoms with Crippen LogP contribution in [0.25, 0.3) is 0 Å². The number of hydrogen-bond acceptors (Lipinski definition) is 11. The molecule has 1 aliphatic rings. The predicted molar refractivity (Wildman–Crippen MR) is 257 cm³/mol. The summed E-state index contributed by atoms with van der Waals surface area (Å²) in [6.45, 7) is 3.82. The molecule has 380 valence electrons. The van der Waals surface area contributed by atoms with Crippen LogP contribution >= 0.6 is 0 Å². The minimum Gasteiger partial charge on any atom is -0.462 e. The molecule has 0 saturated carbocycles. The smallest absolute Gasteiger partial charge is 0.306 e. The Morgan fingerprint density at radius 2 is 0.797 bits per heavy atom. The minimum atomic E-state index is -4.60. The maximum Gasteiger partial charge on any atom is 0.306 e. The molecular weight excluding hydrogens is 837 g/mol. The number of carbonyl (C=O) groups is 2. The first-order valence-electron chi connectivity index (χ1n) is 26.6. The van der Waals surface area contributed by atoms with E-state index in [1.165, 1.54) is 180 Å². The van der Waals surface area contributed by atoms with Crippen LogP contribution in [0, 0.1) is 0 Å². The Balaban J connectivity index is 2.33. The van der Waals surface area contributed by atoms with E-state index in [1.54, 1.807) is 0 Å². The van der Waals surface area contributed by atoms with Gasteiger partial charge >= 0.3 is 11.9 Å². The molecule has 0 aromatic carbocycles. The van der Waals surface area contributed by atoms with Crippen molar-refractivity contribution in [1.29, 1.82) is 0 Å². The van der Waals surface area contributed by atoms with Crippen LogP contribution in [0.1, 0.15) is 258 Å². The lowest BCUT2D eigenvalue weighted by atomic mass is 10.00. The standard InChI is InChI=1S/C51H98O12S/c1-3-5-7-9-11-13-15-17-19-20-21-22-23-24-26-28-30-32-34-36-38-40-47(53)62-44(42-61-51-50(56)49(55)48(54)45(63-51)43-64(57,58)59)41-60-46(52)39-37-35-33-31-29-27-25-18-16-14-12-10-8-6-4-2/h44-45,48-51,54-56H,3-43H2,1-2H3,(H,57,58,59). The van der Waals surface area contributed by atoms with Gasteiger partial charge in [0.15, 0.2) is 12.4 Å². The first-order valence-corrected chi connectivity index (χ1v) is 28.2. The third-order valence-corrected chi connectivity index (χ3v) is 13.4. The van der Waals surface area contributed by atoms with Gasteiger partial charge < -0.3 is 34.3 Å². The van der Waals surface area contributed by atoms with Crippen molar-refractivity contribution in [2.24, 2.45) is 0 Å². The van der Waals surface area contributed by atoms with Gasteiger partial charge in [-0.2, -0.15) is 8.42 Å². The first kappa shape index (κ1) is 60.7. The molecule has 4 N–H and O–H groups in total. The number of unbranched alkanes of at least 4 members (excludes halogenated alkanes) is 34. The number of ether oxygens (including phenoxy) is 4. The summed E-state index contributed by atoms with van der Waals surface area (Å²) in [5.74, 6) is -1.96. The molecular formula is C51H98O12S. The Labute approximate surface area is 391 Å². The van der Waals surface area contributed by atoms with E-state index in [0.29, 0.717) is 12.8 Å². The van der Waals surface area contributed by atoms with Gasteiger partial charge in [0.05, 0.1) is 6.61 Å². The number of esters is 2. The zero-order valence-electron chi connectivity index (χ0n) is 40.9. The van der Waals surface area contributed by atoms with Crippen LogP contribution in [0.3, 0.4) is 0 Å². The molecule has 1 heterocycles. The summed E-state index contributed by atoms with van der Waals surface area (Å²) in [6, 6.07) is 0. The number of carbonyl (C=O) groups excluding carboxylic acids is 2. The molecule has 0 spiro atoms. The Kier molecular flexibility index (Phi) is 39.6. The fourth-order valence-corrected chi connectivity index (χ4v) is 9.25. The van der Waals surface area contributed by atoms with Crippen molar-refractivity contribution in [3.8, 4) is 0 Å². The maximum absolute atomic E-state index is 12.9. The van der Waals surface area contributed by atoms with Gasteiger partial charge in [-0.25, -0.2) is 0 Å². The summed E-state index contributed by atoms with van der Waals surface area (Å²) in [5, 5.41) is 31.0. The van der Waals surface area contributed by atoms with Crippen LogP contribution in [0.15, 0.2) is 0 Å². The molecule has 13 heteroatoms. The number of aliphatic hydroxyl groups is 3. The predicted octanol–water partition coefficient (Wildman–Crippen LogP) is 12.0. The Bertz CT molecular complexity index is 1190. The van der Waals surface area contributed by atoms with Gasteiger partial charge in [-0.3, -0.25) is 14.1 Å². The second-order valence-electron chi connectivity index (χ2n) is 18.9. The molecule has 0 aliphatic carbocycles. The van der Waals surface area contributed by atoms with Gasteiger partial charge in [-0.05, 0) is 12.8 Å². The molecule has 0 amide bonds. The van der Waals surface area contributed by atoms with E-state index in [-0.39, 0.29) is 19.4 Å². The Morgan fingerprint density at radius 3 is 1.14 bits per heavy atom. The molecule has 12 nitrogen and oxygen atoms in total. The van der Waals surface area contributed by atoms with E-state index in [4.69, 9.17) is 18.9 Å². The quantitative estimate of drug-likeness (QED) is 0.0257. The monoisotopic (exact) mass is 935 g/mol. The van der Waals surface area contributed by atoms with Gasteiger partial charge in [-0.15, -0.1) is 0 Å². The molecule has 0 aromatic rings. The molecule has 64 heavy (non-hydrogen) atoms. The molecule has 0 aromatic heterocycles. The fourth-order valence-electron chi connectivity index (χ4n) is 8.56. The first-order chi connectivity index (χ1) is 31.0. The van der Waals surface area contributed by atoms with Crippen molar-refractivity contribution >= 4 is 22.1 Å². The van der Waals surface area contributed by atoms with E-state index < -0.39 is 71.2 Å². The summed E-state index contributed by atoms with van der Waals surface area (Å²) in [4.78, 5) is 25.5. The summed E-state index contributed by atoms with van der Waals surface area (Å²) >= 11 is 0. The average molecular weight is 935 g/mol. The molecule has 0 radical (unpaired) electrons. The minimum absolute atomic E-state index is 0.173. The van der Waals surface area contributed by atoms with E-state index in [1.807, 2.05) is 0 Å². The maximum atomic E-state index is 12.9. The summed E-state index contributed by atoms with van der Waals surface area (Å²) in [6.07, 6.45) is 35.7. The van der Waals surface area contributed by atoms with Gasteiger partial charge in [0, 0.05) is 12.8 Å². The molecule has 1 fully saturated rings. The van der Waals surface area contributed by atoms with Gasteiger partial charge in [0.1, 0.15) is 36.8 Å². The van der Waals surface area contributed by atoms with E-state index in [0.717, 1.165) is 38.5 Å². The fraction of sp³-hybridized carbons (Fsp3) is 0.961. The number of rotatable bonds is 46. The lowest BCUT2D eigenvalue weighted by Crippen LogP contribution is -2.60. The van der Waals surface area contributed by atoms with E-state index in [2.05, 4.69) is 13.8 Å². The van der Waals surface area contributed by atoms with Gasteiger partial charge in [0.25, 0.3) is 10.1 Å². The molecule has 6 unspecified atom stereocenters. The lowest BCUT2D eigenvalue weighted by molar-refractivity contribution is -0.297. The van der Waals surface area contributed by atoms with Crippen LogP contribution in [-0.2, 0) is 38.7 Å². The largest absolute Gasteiger partial charge is 0.462 e. The normalized spacial score (nSPS) is 19.5. The highest BCUT2D eigenvalue weighted by Crippen LogP contribution is 2.24. The molecule has 0 bridgehead atoms. The second-order valence-corrected chi connectivity index (χ2v) is 20.4. The highest BCUT2D eigenvalue weighted by molar-refractivity contribution is 7.85. The molecule has 1 saturated heterocycles. The van der Waals surface area contributed by atoms with Crippen molar-refractivity contribution in [3.63, 3.8) is 0 Å².